The van der Waals surface area contributed by atoms with Gasteiger partial charge in [-0.2, -0.15) is 0 Å². The van der Waals surface area contributed by atoms with Gasteiger partial charge in [0, 0.05) is 31.8 Å². The molecule has 0 bridgehead atoms. The Kier molecular flexibility index (Phi) is 8.46. The van der Waals surface area contributed by atoms with Gasteiger partial charge in [-0.1, -0.05) is 19.1 Å². The van der Waals surface area contributed by atoms with Crippen LogP contribution in [0.4, 0.5) is 4.39 Å². The van der Waals surface area contributed by atoms with Gasteiger partial charge in [0.25, 0.3) is 5.91 Å². The van der Waals surface area contributed by atoms with Crippen LogP contribution in [-0.2, 0) is 16.1 Å². The van der Waals surface area contributed by atoms with Crippen molar-refractivity contribution < 1.29 is 28.2 Å². The number of benzene rings is 2. The van der Waals surface area contributed by atoms with Crippen LogP contribution in [0, 0.1) is 5.82 Å². The predicted octanol–water partition coefficient (Wildman–Crippen LogP) is 2.78. The van der Waals surface area contributed by atoms with Crippen molar-refractivity contribution in [3.05, 3.63) is 53.8 Å². The van der Waals surface area contributed by atoms with Crippen molar-refractivity contribution in [3.63, 3.8) is 0 Å². The van der Waals surface area contributed by atoms with Crippen molar-refractivity contribution >= 4 is 11.8 Å². The molecule has 0 saturated heterocycles. The monoisotopic (exact) mass is 418 g/mol. The summed E-state index contributed by atoms with van der Waals surface area (Å²) in [5, 5.41) is 2.58. The molecule has 1 N–H and O–H groups in total. The standard InChI is InChI=1S/C22H27FN2O5/c1-5-20(22(27)24-2)25(13-15-6-8-16(23)9-7-15)21(26)14-30-19-11-17(28-3)10-18(12-19)29-4/h6-12,20H,5,13-14H2,1-4H3,(H,24,27)/t20-/m0/s1. The van der Waals surface area contributed by atoms with Crippen LogP contribution < -0.4 is 19.5 Å². The third-order valence-corrected chi connectivity index (χ3v) is 4.59. The van der Waals surface area contributed by atoms with Gasteiger partial charge in [-0.3, -0.25) is 9.59 Å². The summed E-state index contributed by atoms with van der Waals surface area (Å²) < 4.78 is 29.3. The van der Waals surface area contributed by atoms with Crippen molar-refractivity contribution in [2.45, 2.75) is 25.9 Å². The van der Waals surface area contributed by atoms with Crippen LogP contribution in [0.15, 0.2) is 42.5 Å². The van der Waals surface area contributed by atoms with Crippen LogP contribution in [0.2, 0.25) is 0 Å². The van der Waals surface area contributed by atoms with Crippen LogP contribution in [0.1, 0.15) is 18.9 Å². The molecule has 0 aliphatic carbocycles. The molecule has 2 aromatic carbocycles. The summed E-state index contributed by atoms with van der Waals surface area (Å²) >= 11 is 0. The second-order valence-electron chi connectivity index (χ2n) is 6.52. The highest BCUT2D eigenvalue weighted by molar-refractivity contribution is 5.88. The van der Waals surface area contributed by atoms with E-state index in [1.165, 1.54) is 38.3 Å². The number of rotatable bonds is 10. The Morgan fingerprint density at radius 2 is 1.60 bits per heavy atom. The van der Waals surface area contributed by atoms with E-state index in [4.69, 9.17) is 14.2 Å². The van der Waals surface area contributed by atoms with E-state index in [1.807, 2.05) is 6.92 Å². The van der Waals surface area contributed by atoms with Crippen LogP contribution in [0.25, 0.3) is 0 Å². The molecule has 0 fully saturated rings. The summed E-state index contributed by atoms with van der Waals surface area (Å²) in [6.45, 7) is 1.68. The fourth-order valence-corrected chi connectivity index (χ4v) is 2.97. The second kappa shape index (κ2) is 11.0. The summed E-state index contributed by atoms with van der Waals surface area (Å²) in [4.78, 5) is 26.8. The number of nitrogens with one attached hydrogen (secondary N) is 1. The Morgan fingerprint density at radius 3 is 2.10 bits per heavy atom. The number of carbonyl (C=O) groups is 2. The van der Waals surface area contributed by atoms with Crippen LogP contribution >= 0.6 is 0 Å². The molecule has 1 atom stereocenters. The topological polar surface area (TPSA) is 77.1 Å². The maximum Gasteiger partial charge on any atom is 0.261 e. The number of nitrogens with zero attached hydrogens (tertiary/aromatic N) is 1. The lowest BCUT2D eigenvalue weighted by atomic mass is 10.1. The SMILES string of the molecule is CC[C@@H](C(=O)NC)N(Cc1ccc(F)cc1)C(=O)COc1cc(OC)cc(OC)c1. The normalized spacial score (nSPS) is 11.4. The quantitative estimate of drug-likeness (QED) is 0.642. The molecule has 0 radical (unpaired) electrons. The van der Waals surface area contributed by atoms with E-state index in [2.05, 4.69) is 5.32 Å². The summed E-state index contributed by atoms with van der Waals surface area (Å²) in [6, 6.07) is 10.1. The number of hydrogen-bond acceptors (Lipinski definition) is 5. The molecule has 2 rings (SSSR count). The number of hydrogen-bond donors (Lipinski definition) is 1. The molecule has 8 heteroatoms. The first-order valence-electron chi connectivity index (χ1n) is 9.53. The van der Waals surface area contributed by atoms with Gasteiger partial charge in [0.2, 0.25) is 5.91 Å². The van der Waals surface area contributed by atoms with E-state index >= 15 is 0 Å². The Labute approximate surface area is 175 Å². The van der Waals surface area contributed by atoms with Gasteiger partial charge >= 0.3 is 0 Å². The summed E-state index contributed by atoms with van der Waals surface area (Å²) in [7, 11) is 4.55. The first kappa shape index (κ1) is 23.0. The van der Waals surface area contributed by atoms with Gasteiger partial charge < -0.3 is 24.4 Å². The van der Waals surface area contributed by atoms with E-state index in [9.17, 15) is 14.0 Å². The number of ether oxygens (including phenoxy) is 3. The highest BCUT2D eigenvalue weighted by Gasteiger charge is 2.28. The number of methoxy groups -OCH3 is 2. The van der Waals surface area contributed by atoms with E-state index in [0.29, 0.717) is 29.2 Å². The molecule has 30 heavy (non-hydrogen) atoms. The maximum atomic E-state index is 13.2. The minimum Gasteiger partial charge on any atom is -0.496 e. The molecule has 0 aliphatic heterocycles. The van der Waals surface area contributed by atoms with Crippen LogP contribution in [0.5, 0.6) is 17.2 Å². The molecule has 0 heterocycles. The molecule has 162 valence electrons. The van der Waals surface area contributed by atoms with Gasteiger partial charge in [0.15, 0.2) is 6.61 Å². The largest absolute Gasteiger partial charge is 0.496 e. The second-order valence-corrected chi connectivity index (χ2v) is 6.52. The van der Waals surface area contributed by atoms with Crippen molar-refractivity contribution in [2.24, 2.45) is 0 Å². The first-order valence-corrected chi connectivity index (χ1v) is 9.53. The number of likely N-dealkylation sites (N-methyl/N-ethyl adjacent to an activating group) is 1. The molecular formula is C22H27FN2O5. The molecule has 2 aromatic rings. The van der Waals surface area contributed by atoms with E-state index in [-0.39, 0.29) is 30.8 Å². The van der Waals surface area contributed by atoms with Crippen LogP contribution in [-0.4, -0.2) is 50.6 Å². The number of halogens is 1. The molecule has 7 nitrogen and oxygen atoms in total. The van der Waals surface area contributed by atoms with Crippen molar-refractivity contribution in [3.8, 4) is 17.2 Å². The van der Waals surface area contributed by atoms with Crippen LogP contribution in [0.3, 0.4) is 0 Å². The minimum absolute atomic E-state index is 0.149. The lowest BCUT2D eigenvalue weighted by Gasteiger charge is -2.30. The molecule has 0 aliphatic rings. The smallest absolute Gasteiger partial charge is 0.261 e. The third kappa shape index (κ3) is 6.10. The average molecular weight is 418 g/mol. The minimum atomic E-state index is -0.684. The molecule has 0 spiro atoms. The fraction of sp³-hybridized carbons (Fsp3) is 0.364. The fourth-order valence-electron chi connectivity index (χ4n) is 2.97. The molecule has 0 aromatic heterocycles. The zero-order valence-corrected chi connectivity index (χ0v) is 17.6. The van der Waals surface area contributed by atoms with E-state index in [1.54, 1.807) is 30.3 Å². The maximum absolute atomic E-state index is 13.2. The lowest BCUT2D eigenvalue weighted by molar-refractivity contribution is -0.142. The lowest BCUT2D eigenvalue weighted by Crippen LogP contribution is -2.49. The van der Waals surface area contributed by atoms with Gasteiger partial charge in [-0.25, -0.2) is 4.39 Å². The van der Waals surface area contributed by atoms with Crippen molar-refractivity contribution in [1.82, 2.24) is 10.2 Å². The van der Waals surface area contributed by atoms with Gasteiger partial charge in [0.05, 0.1) is 14.2 Å². The van der Waals surface area contributed by atoms with E-state index < -0.39 is 6.04 Å². The van der Waals surface area contributed by atoms with Gasteiger partial charge in [0.1, 0.15) is 29.1 Å². The Bertz CT molecular complexity index is 835. The number of amides is 2. The molecule has 0 saturated carbocycles. The summed E-state index contributed by atoms with van der Waals surface area (Å²) in [6.07, 6.45) is 0.416. The summed E-state index contributed by atoms with van der Waals surface area (Å²) in [5.74, 6) is 0.417. The predicted molar refractivity (Wildman–Crippen MR) is 110 cm³/mol. The third-order valence-electron chi connectivity index (χ3n) is 4.59. The Balaban J connectivity index is 2.21. The Hall–Kier alpha value is -3.29. The zero-order valence-electron chi connectivity index (χ0n) is 17.6. The van der Waals surface area contributed by atoms with Gasteiger partial charge in [-0.05, 0) is 24.1 Å². The molecule has 2 amide bonds. The van der Waals surface area contributed by atoms with Crippen molar-refractivity contribution in [2.75, 3.05) is 27.9 Å². The highest BCUT2D eigenvalue weighted by atomic mass is 19.1. The van der Waals surface area contributed by atoms with Gasteiger partial charge in [-0.15, -0.1) is 0 Å². The number of carbonyl (C=O) groups excluding carboxylic acids is 2. The summed E-state index contributed by atoms with van der Waals surface area (Å²) in [5.41, 5.74) is 0.704. The first-order chi connectivity index (χ1) is 14.4. The highest BCUT2D eigenvalue weighted by Crippen LogP contribution is 2.27. The Morgan fingerprint density at radius 1 is 1.03 bits per heavy atom. The molecule has 0 unspecified atom stereocenters. The van der Waals surface area contributed by atoms with E-state index in [0.717, 1.165) is 0 Å². The molecular weight excluding hydrogens is 391 g/mol. The zero-order chi connectivity index (χ0) is 22.1. The van der Waals surface area contributed by atoms with Crippen molar-refractivity contribution in [1.29, 1.82) is 0 Å². The average Bonchev–Trinajstić information content (AvgIpc) is 2.77.